The summed E-state index contributed by atoms with van der Waals surface area (Å²) in [5.41, 5.74) is 7.02. The summed E-state index contributed by atoms with van der Waals surface area (Å²) in [6, 6.07) is 10.5. The Kier molecular flexibility index (Phi) is 7.63. The Morgan fingerprint density at radius 1 is 1.36 bits per heavy atom. The Hall–Kier alpha value is -1.68. The predicted molar refractivity (Wildman–Crippen MR) is 110 cm³/mol. The molecule has 8 heteroatoms. The summed E-state index contributed by atoms with van der Waals surface area (Å²) in [7, 11) is 0. The number of likely N-dealkylation sites (tertiary alicyclic amines) is 1. The van der Waals surface area contributed by atoms with Crippen LogP contribution in [0.15, 0.2) is 41.7 Å². The lowest BCUT2D eigenvalue weighted by Gasteiger charge is -2.23. The monoisotopic (exact) mass is 455 g/mol. The molecule has 2 aromatic rings. The molecule has 0 aliphatic carbocycles. The fraction of sp³-hybridized carbons (Fsp3) is 0.471. The molecular weight excluding hydrogens is 429 g/mol. The Labute approximate surface area is 165 Å². The molecule has 3 rings (SSSR count). The van der Waals surface area contributed by atoms with Crippen LogP contribution in [0, 0.1) is 0 Å². The minimum Gasteiger partial charge on any atom is -0.370 e. The summed E-state index contributed by atoms with van der Waals surface area (Å²) in [5.74, 6) is 1.22. The van der Waals surface area contributed by atoms with Crippen molar-refractivity contribution in [3.8, 4) is 5.69 Å². The highest BCUT2D eigenvalue weighted by atomic mass is 127. The van der Waals surface area contributed by atoms with E-state index in [1.54, 1.807) is 6.33 Å². The third-order valence-corrected chi connectivity index (χ3v) is 4.47. The number of benzene rings is 1. The number of para-hydroxylation sites is 1. The standard InChI is InChI=1S/C17H25N7.HI/c1-2-23-10-6-9-15(23)11-19-17(18)20-12-16-22-21-13-24(16)14-7-4-3-5-8-14;/h3-5,7-8,13,15H,2,6,9-12H2,1H3,(H3,18,19,20);1H. The molecule has 0 amide bonds. The minimum absolute atomic E-state index is 0. The van der Waals surface area contributed by atoms with E-state index in [1.807, 2.05) is 34.9 Å². The van der Waals surface area contributed by atoms with Crippen molar-refractivity contribution >= 4 is 29.9 Å². The van der Waals surface area contributed by atoms with Crippen LogP contribution in [-0.2, 0) is 6.54 Å². The van der Waals surface area contributed by atoms with Crippen LogP contribution in [-0.4, -0.2) is 51.3 Å². The number of likely N-dealkylation sites (N-methyl/N-ethyl adjacent to an activating group) is 1. The summed E-state index contributed by atoms with van der Waals surface area (Å²) in [4.78, 5) is 6.88. The molecule has 1 atom stereocenters. The zero-order valence-electron chi connectivity index (χ0n) is 14.5. The average Bonchev–Trinajstić information content (AvgIpc) is 3.27. The average molecular weight is 455 g/mol. The van der Waals surface area contributed by atoms with Crippen LogP contribution in [0.4, 0.5) is 0 Å². The van der Waals surface area contributed by atoms with E-state index in [0.717, 1.165) is 24.6 Å². The van der Waals surface area contributed by atoms with E-state index >= 15 is 0 Å². The van der Waals surface area contributed by atoms with E-state index in [2.05, 4.69) is 32.3 Å². The van der Waals surface area contributed by atoms with Crippen molar-refractivity contribution < 1.29 is 0 Å². The highest BCUT2D eigenvalue weighted by molar-refractivity contribution is 14.0. The van der Waals surface area contributed by atoms with Crippen molar-refractivity contribution in [1.29, 1.82) is 0 Å². The van der Waals surface area contributed by atoms with Gasteiger partial charge in [0.15, 0.2) is 11.8 Å². The Morgan fingerprint density at radius 3 is 2.92 bits per heavy atom. The van der Waals surface area contributed by atoms with Gasteiger partial charge >= 0.3 is 0 Å². The molecule has 7 nitrogen and oxygen atoms in total. The Balaban J connectivity index is 0.00000225. The highest BCUT2D eigenvalue weighted by Gasteiger charge is 2.22. The van der Waals surface area contributed by atoms with Gasteiger partial charge in [-0.1, -0.05) is 25.1 Å². The van der Waals surface area contributed by atoms with Crippen molar-refractivity contribution in [1.82, 2.24) is 25.0 Å². The second kappa shape index (κ2) is 9.71. The van der Waals surface area contributed by atoms with Crippen LogP contribution in [0.3, 0.4) is 0 Å². The number of nitrogens with two attached hydrogens (primary N) is 1. The van der Waals surface area contributed by atoms with Crippen LogP contribution in [0.2, 0.25) is 0 Å². The Morgan fingerprint density at radius 2 is 2.16 bits per heavy atom. The molecular formula is C17H26IN7. The topological polar surface area (TPSA) is 84.4 Å². The molecule has 1 aromatic heterocycles. The molecule has 1 fully saturated rings. The lowest BCUT2D eigenvalue weighted by Crippen LogP contribution is -2.42. The molecule has 3 N–H and O–H groups in total. The van der Waals surface area contributed by atoms with Gasteiger partial charge in [-0.05, 0) is 38.1 Å². The number of aromatic nitrogens is 3. The number of rotatable bonds is 6. The van der Waals surface area contributed by atoms with E-state index in [9.17, 15) is 0 Å². The van der Waals surface area contributed by atoms with Gasteiger partial charge in [0, 0.05) is 18.3 Å². The molecule has 0 spiro atoms. The molecule has 1 aromatic carbocycles. The molecule has 1 saturated heterocycles. The van der Waals surface area contributed by atoms with E-state index in [0.29, 0.717) is 18.5 Å². The minimum atomic E-state index is 0. The van der Waals surface area contributed by atoms with Gasteiger partial charge in [0.05, 0.1) is 0 Å². The fourth-order valence-corrected chi connectivity index (χ4v) is 3.15. The lowest BCUT2D eigenvalue weighted by atomic mass is 10.2. The zero-order valence-corrected chi connectivity index (χ0v) is 16.8. The first-order valence-corrected chi connectivity index (χ1v) is 8.50. The molecule has 0 radical (unpaired) electrons. The largest absolute Gasteiger partial charge is 0.370 e. The number of nitrogens with zero attached hydrogens (tertiary/aromatic N) is 5. The summed E-state index contributed by atoms with van der Waals surface area (Å²) < 4.78 is 1.92. The fourth-order valence-electron chi connectivity index (χ4n) is 3.15. The van der Waals surface area contributed by atoms with E-state index in [1.165, 1.54) is 19.4 Å². The van der Waals surface area contributed by atoms with Gasteiger partial charge in [-0.25, -0.2) is 4.99 Å². The molecule has 0 bridgehead atoms. The molecule has 1 aliphatic rings. The third-order valence-electron chi connectivity index (χ3n) is 4.47. The summed E-state index contributed by atoms with van der Waals surface area (Å²) >= 11 is 0. The second-order valence-corrected chi connectivity index (χ2v) is 5.96. The highest BCUT2D eigenvalue weighted by Crippen LogP contribution is 2.15. The summed E-state index contributed by atoms with van der Waals surface area (Å²) in [5, 5.41) is 11.4. The predicted octanol–water partition coefficient (Wildman–Crippen LogP) is 1.77. The van der Waals surface area contributed by atoms with Crippen molar-refractivity contribution in [2.75, 3.05) is 19.6 Å². The maximum absolute atomic E-state index is 6.01. The smallest absolute Gasteiger partial charge is 0.189 e. The van der Waals surface area contributed by atoms with E-state index in [-0.39, 0.29) is 24.0 Å². The first-order valence-electron chi connectivity index (χ1n) is 8.50. The number of nitrogens with one attached hydrogen (secondary N) is 1. The molecule has 1 aliphatic heterocycles. The third kappa shape index (κ3) is 5.15. The van der Waals surface area contributed by atoms with Crippen molar-refractivity contribution in [2.24, 2.45) is 10.7 Å². The van der Waals surface area contributed by atoms with Gasteiger partial charge in [-0.2, -0.15) is 0 Å². The van der Waals surface area contributed by atoms with E-state index < -0.39 is 0 Å². The Bertz CT molecular complexity index is 671. The van der Waals surface area contributed by atoms with Gasteiger partial charge in [0.25, 0.3) is 0 Å². The second-order valence-electron chi connectivity index (χ2n) is 5.96. The van der Waals surface area contributed by atoms with Crippen molar-refractivity contribution in [3.63, 3.8) is 0 Å². The summed E-state index contributed by atoms with van der Waals surface area (Å²) in [6.45, 7) is 5.71. The van der Waals surface area contributed by atoms with Crippen LogP contribution in [0.1, 0.15) is 25.6 Å². The van der Waals surface area contributed by atoms with Gasteiger partial charge < -0.3 is 11.1 Å². The number of guanidine groups is 1. The first-order chi connectivity index (χ1) is 11.8. The number of aliphatic imine (C=N–C) groups is 1. The van der Waals surface area contributed by atoms with Gasteiger partial charge in [-0.15, -0.1) is 34.2 Å². The summed E-state index contributed by atoms with van der Waals surface area (Å²) in [6.07, 6.45) is 4.18. The van der Waals surface area contributed by atoms with Crippen molar-refractivity contribution in [2.45, 2.75) is 32.4 Å². The maximum atomic E-state index is 6.01. The van der Waals surface area contributed by atoms with Gasteiger partial charge in [0.2, 0.25) is 0 Å². The number of halogens is 1. The molecule has 0 saturated carbocycles. The molecule has 25 heavy (non-hydrogen) atoms. The lowest BCUT2D eigenvalue weighted by molar-refractivity contribution is 0.267. The van der Waals surface area contributed by atoms with Crippen LogP contribution in [0.5, 0.6) is 0 Å². The van der Waals surface area contributed by atoms with E-state index in [4.69, 9.17) is 5.73 Å². The van der Waals surface area contributed by atoms with Crippen LogP contribution < -0.4 is 11.1 Å². The molecule has 2 heterocycles. The maximum Gasteiger partial charge on any atom is 0.189 e. The number of hydrogen-bond donors (Lipinski definition) is 2. The van der Waals surface area contributed by atoms with Gasteiger partial charge in [-0.3, -0.25) is 9.47 Å². The van der Waals surface area contributed by atoms with Gasteiger partial charge in [0.1, 0.15) is 12.9 Å². The molecule has 136 valence electrons. The van der Waals surface area contributed by atoms with Crippen molar-refractivity contribution in [3.05, 3.63) is 42.5 Å². The quantitative estimate of drug-likeness (QED) is 0.394. The van der Waals surface area contributed by atoms with Crippen LogP contribution in [0.25, 0.3) is 5.69 Å². The number of hydrogen-bond acceptors (Lipinski definition) is 4. The SMILES string of the molecule is CCN1CCCC1CNC(N)=NCc1nncn1-c1ccccc1.I. The normalized spacial score (nSPS) is 18.1. The zero-order chi connectivity index (χ0) is 16.8. The molecule has 1 unspecified atom stereocenters. The first kappa shape index (κ1) is 19.6. The van der Waals surface area contributed by atoms with Crippen LogP contribution >= 0.6 is 24.0 Å².